The van der Waals surface area contributed by atoms with Gasteiger partial charge in [0.05, 0.1) is 11.4 Å². The molecule has 0 atom stereocenters. The molecule has 1 aromatic heterocycles. The number of aromatic nitrogens is 1. The van der Waals surface area contributed by atoms with E-state index in [0.717, 1.165) is 10.6 Å². The van der Waals surface area contributed by atoms with Crippen LogP contribution in [0.3, 0.4) is 0 Å². The second-order valence-electron chi connectivity index (χ2n) is 2.60. The third kappa shape index (κ3) is 1.48. The van der Waals surface area contributed by atoms with Crippen LogP contribution >= 0.6 is 11.3 Å². The van der Waals surface area contributed by atoms with Gasteiger partial charge in [-0.15, -0.1) is 11.3 Å². The van der Waals surface area contributed by atoms with Crippen molar-refractivity contribution in [1.82, 2.24) is 16.5 Å². The molecule has 2 aromatic rings. The topological polar surface area (TPSA) is 60.5 Å². The quantitative estimate of drug-likeness (QED) is 0.680. The van der Waals surface area contributed by atoms with E-state index in [-0.39, 0.29) is 0 Å². The average Bonchev–Trinajstić information content (AvgIpc) is 2.61. The summed E-state index contributed by atoms with van der Waals surface area (Å²) in [4.78, 5) is 4.10. The van der Waals surface area contributed by atoms with Crippen LogP contribution in [-0.2, 0) is 0 Å². The standard InChI is InChI=1S/C9H7N3S/c10-6-1-2-8(11)7(5-6)9-12-3-4-13-9/h1-5,10-11H. The lowest BCUT2D eigenvalue weighted by Crippen LogP contribution is -1.80. The van der Waals surface area contributed by atoms with E-state index >= 15 is 0 Å². The number of hydrogen-bond donors (Lipinski definition) is 0. The van der Waals surface area contributed by atoms with Gasteiger partial charge in [0.25, 0.3) is 0 Å². The zero-order valence-electron chi connectivity index (χ0n) is 6.74. The van der Waals surface area contributed by atoms with Crippen LogP contribution in [0, 0.1) is 0 Å². The molecule has 0 fully saturated rings. The van der Waals surface area contributed by atoms with Crippen LogP contribution in [0.1, 0.15) is 0 Å². The molecule has 0 aliphatic carbocycles. The fourth-order valence-corrected chi connectivity index (χ4v) is 1.75. The molecule has 0 saturated heterocycles. The molecule has 2 rings (SSSR count). The van der Waals surface area contributed by atoms with E-state index in [0.29, 0.717) is 11.4 Å². The highest BCUT2D eigenvalue weighted by atomic mass is 32.1. The van der Waals surface area contributed by atoms with Gasteiger partial charge in [-0.3, -0.25) is 0 Å². The summed E-state index contributed by atoms with van der Waals surface area (Å²) in [7, 11) is 0. The van der Waals surface area contributed by atoms with Crippen LogP contribution < -0.4 is 11.5 Å². The molecule has 0 bridgehead atoms. The molecule has 2 N–H and O–H groups in total. The number of rotatable bonds is 1. The van der Waals surface area contributed by atoms with Gasteiger partial charge in [-0.05, 0) is 18.2 Å². The van der Waals surface area contributed by atoms with Gasteiger partial charge in [0.15, 0.2) is 0 Å². The van der Waals surface area contributed by atoms with Gasteiger partial charge in [-0.25, -0.2) is 4.98 Å². The Hall–Kier alpha value is -1.55. The Morgan fingerprint density at radius 2 is 2.08 bits per heavy atom. The summed E-state index contributed by atoms with van der Waals surface area (Å²) in [6.45, 7) is 0. The smallest absolute Gasteiger partial charge is 0.125 e. The van der Waals surface area contributed by atoms with E-state index in [1.165, 1.54) is 11.3 Å². The van der Waals surface area contributed by atoms with Crippen LogP contribution in [0.5, 0.6) is 0 Å². The monoisotopic (exact) mass is 189 g/mol. The highest BCUT2D eigenvalue weighted by Gasteiger charge is 2.05. The maximum atomic E-state index is 7.63. The lowest BCUT2D eigenvalue weighted by Gasteiger charge is -2.00. The maximum absolute atomic E-state index is 7.63. The highest BCUT2D eigenvalue weighted by molar-refractivity contribution is 7.13. The predicted octanol–water partition coefficient (Wildman–Crippen LogP) is 2.64. The van der Waals surface area contributed by atoms with Crippen molar-refractivity contribution < 1.29 is 0 Å². The Kier molecular flexibility index (Phi) is 1.90. The summed E-state index contributed by atoms with van der Waals surface area (Å²) in [5.74, 6) is 0. The van der Waals surface area contributed by atoms with Crippen molar-refractivity contribution in [3.05, 3.63) is 29.8 Å². The van der Waals surface area contributed by atoms with E-state index in [4.69, 9.17) is 11.5 Å². The minimum absolute atomic E-state index is 0.418. The van der Waals surface area contributed by atoms with Crippen molar-refractivity contribution in [2.24, 2.45) is 0 Å². The second-order valence-corrected chi connectivity index (χ2v) is 3.49. The zero-order valence-corrected chi connectivity index (χ0v) is 7.56. The second kappa shape index (κ2) is 3.06. The minimum Gasteiger partial charge on any atom is -0.301 e. The fourth-order valence-electron chi connectivity index (χ4n) is 1.08. The molecule has 0 amide bonds. The number of thiazole rings is 1. The molecular formula is C9H7N3S. The Morgan fingerprint density at radius 1 is 1.23 bits per heavy atom. The van der Waals surface area contributed by atoms with Crippen molar-refractivity contribution in [3.8, 4) is 10.6 Å². The molecule has 0 aliphatic rings. The minimum atomic E-state index is 0.418. The molecule has 1 aromatic carbocycles. The Bertz CT molecular complexity index is 409. The summed E-state index contributed by atoms with van der Waals surface area (Å²) >= 11 is 1.48. The normalized spacial score (nSPS) is 10.2. The van der Waals surface area contributed by atoms with E-state index in [9.17, 15) is 0 Å². The molecule has 0 unspecified atom stereocenters. The summed E-state index contributed by atoms with van der Waals surface area (Å²) < 4.78 is 0. The maximum Gasteiger partial charge on any atom is 0.125 e. The highest BCUT2D eigenvalue weighted by Crippen LogP contribution is 2.30. The number of benzene rings is 1. The van der Waals surface area contributed by atoms with Crippen LogP contribution in [0.15, 0.2) is 29.8 Å². The summed E-state index contributed by atoms with van der Waals surface area (Å²) in [5.41, 5.74) is 16.6. The van der Waals surface area contributed by atoms with Crippen molar-refractivity contribution >= 4 is 22.7 Å². The third-order valence-corrected chi connectivity index (χ3v) is 2.49. The van der Waals surface area contributed by atoms with Crippen molar-refractivity contribution in [1.29, 1.82) is 0 Å². The first kappa shape index (κ1) is 8.07. The van der Waals surface area contributed by atoms with Gasteiger partial charge in [0, 0.05) is 17.1 Å². The van der Waals surface area contributed by atoms with Gasteiger partial charge in [0.2, 0.25) is 0 Å². The zero-order chi connectivity index (χ0) is 9.26. The predicted molar refractivity (Wildman–Crippen MR) is 53.1 cm³/mol. The molecule has 0 saturated carbocycles. The van der Waals surface area contributed by atoms with E-state index in [1.54, 1.807) is 24.4 Å². The Morgan fingerprint density at radius 3 is 2.77 bits per heavy atom. The largest absolute Gasteiger partial charge is 0.301 e. The lowest BCUT2D eigenvalue weighted by molar-refractivity contribution is 1.38. The molecule has 4 heteroatoms. The van der Waals surface area contributed by atoms with E-state index in [2.05, 4.69) is 4.98 Å². The number of nitrogens with one attached hydrogen (secondary N) is 2. The van der Waals surface area contributed by atoms with Crippen LogP contribution in [0.4, 0.5) is 11.4 Å². The van der Waals surface area contributed by atoms with Gasteiger partial charge in [-0.1, -0.05) is 0 Å². The van der Waals surface area contributed by atoms with Gasteiger partial charge < -0.3 is 11.5 Å². The molecule has 3 nitrogen and oxygen atoms in total. The van der Waals surface area contributed by atoms with Gasteiger partial charge in [-0.2, -0.15) is 0 Å². The first-order chi connectivity index (χ1) is 6.27. The number of hydrogen-bond acceptors (Lipinski definition) is 2. The molecular weight excluding hydrogens is 182 g/mol. The van der Waals surface area contributed by atoms with E-state index in [1.807, 2.05) is 5.38 Å². The Balaban J connectivity index is 2.57. The van der Waals surface area contributed by atoms with Crippen LogP contribution in [0.2, 0.25) is 0 Å². The molecule has 64 valence electrons. The first-order valence-electron chi connectivity index (χ1n) is 3.74. The lowest BCUT2D eigenvalue weighted by atomic mass is 10.2. The molecule has 0 aliphatic heterocycles. The number of nitrogens with zero attached hydrogens (tertiary/aromatic N) is 1. The Labute approximate surface area is 80.0 Å². The van der Waals surface area contributed by atoms with Crippen LogP contribution in [0.25, 0.3) is 10.6 Å². The van der Waals surface area contributed by atoms with Crippen molar-refractivity contribution in [3.63, 3.8) is 0 Å². The van der Waals surface area contributed by atoms with Crippen LogP contribution in [-0.4, -0.2) is 4.98 Å². The van der Waals surface area contributed by atoms with Gasteiger partial charge in [0.1, 0.15) is 5.01 Å². The van der Waals surface area contributed by atoms with Crippen molar-refractivity contribution in [2.45, 2.75) is 0 Å². The summed E-state index contributed by atoms with van der Waals surface area (Å²) in [5, 5.41) is 2.67. The van der Waals surface area contributed by atoms with Crippen molar-refractivity contribution in [2.75, 3.05) is 0 Å². The molecule has 2 radical (unpaired) electrons. The summed E-state index contributed by atoms with van der Waals surface area (Å²) in [6.07, 6.45) is 1.70. The summed E-state index contributed by atoms with van der Waals surface area (Å²) in [6, 6.07) is 4.90. The fraction of sp³-hybridized carbons (Fsp3) is 0. The van der Waals surface area contributed by atoms with E-state index < -0.39 is 0 Å². The molecule has 0 spiro atoms. The van der Waals surface area contributed by atoms with Gasteiger partial charge >= 0.3 is 0 Å². The molecule has 13 heavy (non-hydrogen) atoms. The SMILES string of the molecule is [NH]c1ccc([NH])c(-c2nccs2)c1. The molecule has 1 heterocycles. The first-order valence-corrected chi connectivity index (χ1v) is 4.62. The third-order valence-electron chi connectivity index (χ3n) is 1.68. The average molecular weight is 189 g/mol.